The van der Waals surface area contributed by atoms with Gasteiger partial charge in [0.15, 0.2) is 0 Å². The van der Waals surface area contributed by atoms with Crippen molar-refractivity contribution in [3.8, 4) is 0 Å². The predicted molar refractivity (Wildman–Crippen MR) is 64.1 cm³/mol. The van der Waals surface area contributed by atoms with Crippen LogP contribution >= 0.6 is 0 Å². The first-order valence-electron chi connectivity index (χ1n) is 5.48. The van der Waals surface area contributed by atoms with Gasteiger partial charge in [-0.05, 0) is 25.5 Å². The highest BCUT2D eigenvalue weighted by atomic mass is 16.2. The van der Waals surface area contributed by atoms with Gasteiger partial charge in [0.25, 0.3) is 0 Å². The van der Waals surface area contributed by atoms with Crippen molar-refractivity contribution < 1.29 is 4.79 Å². The van der Waals surface area contributed by atoms with Crippen molar-refractivity contribution >= 4 is 11.6 Å². The fraction of sp³-hybridized carbons (Fsp3) is 0.462. The van der Waals surface area contributed by atoms with Gasteiger partial charge in [-0.1, -0.05) is 31.0 Å². The molecule has 0 heterocycles. The second-order valence-electron chi connectivity index (χ2n) is 3.89. The highest BCUT2D eigenvalue weighted by molar-refractivity contribution is 5.92. The molecule has 0 aliphatic heterocycles. The molecule has 1 amide bonds. The fourth-order valence-electron chi connectivity index (χ4n) is 1.41. The Morgan fingerprint density at radius 3 is 2.40 bits per heavy atom. The number of hydrogen-bond donors (Lipinski definition) is 0. The van der Waals surface area contributed by atoms with Crippen molar-refractivity contribution in [2.45, 2.75) is 33.1 Å². The molecule has 0 bridgehead atoms. The Bertz CT molecular complexity index is 316. The van der Waals surface area contributed by atoms with Gasteiger partial charge in [0.1, 0.15) is 0 Å². The molecule has 0 aliphatic rings. The predicted octanol–water partition coefficient (Wildman–Crippen LogP) is 3.15. The Labute approximate surface area is 91.9 Å². The highest BCUT2D eigenvalue weighted by Crippen LogP contribution is 2.14. The number of aryl methyl sites for hydroxylation is 1. The number of benzene rings is 1. The molecule has 2 nitrogen and oxygen atoms in total. The van der Waals surface area contributed by atoms with E-state index >= 15 is 0 Å². The van der Waals surface area contributed by atoms with E-state index in [1.807, 2.05) is 38.2 Å². The maximum atomic E-state index is 11.7. The minimum atomic E-state index is 0.195. The van der Waals surface area contributed by atoms with E-state index < -0.39 is 0 Å². The van der Waals surface area contributed by atoms with Crippen LogP contribution in [0.1, 0.15) is 31.7 Å². The van der Waals surface area contributed by atoms with E-state index in [2.05, 4.69) is 6.92 Å². The Balaban J connectivity index is 2.63. The molecule has 0 saturated carbocycles. The molecule has 1 aromatic rings. The van der Waals surface area contributed by atoms with Crippen LogP contribution in [0, 0.1) is 6.92 Å². The van der Waals surface area contributed by atoms with Crippen LogP contribution in [-0.4, -0.2) is 13.0 Å². The number of amides is 1. The molecule has 82 valence electrons. The molecule has 0 radical (unpaired) electrons. The molecule has 1 aromatic carbocycles. The smallest absolute Gasteiger partial charge is 0.226 e. The van der Waals surface area contributed by atoms with Crippen LogP contribution in [0.5, 0.6) is 0 Å². The number of hydrogen-bond acceptors (Lipinski definition) is 1. The average molecular weight is 205 g/mol. The van der Waals surface area contributed by atoms with Gasteiger partial charge in [-0.2, -0.15) is 0 Å². The number of rotatable bonds is 4. The van der Waals surface area contributed by atoms with Crippen LogP contribution in [0.15, 0.2) is 24.3 Å². The summed E-state index contributed by atoms with van der Waals surface area (Å²) in [5.74, 6) is 0.195. The first-order chi connectivity index (χ1) is 7.15. The van der Waals surface area contributed by atoms with E-state index in [1.165, 1.54) is 5.56 Å². The average Bonchev–Trinajstić information content (AvgIpc) is 2.26. The number of carbonyl (C=O) groups excluding carboxylic acids is 1. The van der Waals surface area contributed by atoms with E-state index in [4.69, 9.17) is 0 Å². The monoisotopic (exact) mass is 205 g/mol. The second kappa shape index (κ2) is 5.54. The molecule has 0 saturated heterocycles. The fourth-order valence-corrected chi connectivity index (χ4v) is 1.41. The lowest BCUT2D eigenvalue weighted by molar-refractivity contribution is -0.118. The number of anilines is 1. The zero-order valence-corrected chi connectivity index (χ0v) is 9.79. The maximum Gasteiger partial charge on any atom is 0.226 e. The van der Waals surface area contributed by atoms with Gasteiger partial charge < -0.3 is 4.90 Å². The Morgan fingerprint density at radius 2 is 1.87 bits per heavy atom. The summed E-state index contributed by atoms with van der Waals surface area (Å²) in [7, 11) is 1.84. The molecule has 0 spiro atoms. The zero-order valence-electron chi connectivity index (χ0n) is 9.79. The van der Waals surface area contributed by atoms with Gasteiger partial charge in [-0.15, -0.1) is 0 Å². The summed E-state index contributed by atoms with van der Waals surface area (Å²) in [6, 6.07) is 8.02. The van der Waals surface area contributed by atoms with E-state index in [0.29, 0.717) is 6.42 Å². The van der Waals surface area contributed by atoms with Gasteiger partial charge in [0.2, 0.25) is 5.91 Å². The number of carbonyl (C=O) groups is 1. The summed E-state index contributed by atoms with van der Waals surface area (Å²) in [5.41, 5.74) is 2.19. The van der Waals surface area contributed by atoms with Crippen molar-refractivity contribution in [1.82, 2.24) is 0 Å². The first kappa shape index (κ1) is 11.8. The third-order valence-corrected chi connectivity index (χ3v) is 2.54. The number of unbranched alkanes of at least 4 members (excludes halogenated alkanes) is 1. The first-order valence-corrected chi connectivity index (χ1v) is 5.48. The minimum absolute atomic E-state index is 0.195. The maximum absolute atomic E-state index is 11.7. The molecular formula is C13H19NO. The molecule has 0 aromatic heterocycles. The SMILES string of the molecule is CCCCC(=O)N(C)c1ccc(C)cc1. The summed E-state index contributed by atoms with van der Waals surface area (Å²) in [6.07, 6.45) is 2.67. The Hall–Kier alpha value is -1.31. The largest absolute Gasteiger partial charge is 0.316 e. The van der Waals surface area contributed by atoms with Crippen LogP contribution in [-0.2, 0) is 4.79 Å². The summed E-state index contributed by atoms with van der Waals surface area (Å²) in [5, 5.41) is 0. The van der Waals surface area contributed by atoms with Crippen LogP contribution in [0.3, 0.4) is 0 Å². The molecule has 0 aliphatic carbocycles. The van der Waals surface area contributed by atoms with E-state index in [0.717, 1.165) is 18.5 Å². The molecular weight excluding hydrogens is 186 g/mol. The van der Waals surface area contributed by atoms with Gasteiger partial charge in [-0.3, -0.25) is 4.79 Å². The molecule has 0 fully saturated rings. The van der Waals surface area contributed by atoms with Crippen LogP contribution in [0.4, 0.5) is 5.69 Å². The summed E-state index contributed by atoms with van der Waals surface area (Å²) >= 11 is 0. The lowest BCUT2D eigenvalue weighted by Crippen LogP contribution is -2.25. The minimum Gasteiger partial charge on any atom is -0.316 e. The Kier molecular flexibility index (Phi) is 4.35. The zero-order chi connectivity index (χ0) is 11.3. The summed E-state index contributed by atoms with van der Waals surface area (Å²) in [4.78, 5) is 13.4. The molecule has 15 heavy (non-hydrogen) atoms. The number of nitrogens with zero attached hydrogens (tertiary/aromatic N) is 1. The van der Waals surface area contributed by atoms with Gasteiger partial charge in [0, 0.05) is 19.2 Å². The topological polar surface area (TPSA) is 20.3 Å². The molecule has 1 rings (SSSR count). The van der Waals surface area contributed by atoms with E-state index in [9.17, 15) is 4.79 Å². The van der Waals surface area contributed by atoms with Gasteiger partial charge in [-0.25, -0.2) is 0 Å². The lowest BCUT2D eigenvalue weighted by atomic mass is 10.2. The molecule has 0 unspecified atom stereocenters. The van der Waals surface area contributed by atoms with Crippen molar-refractivity contribution in [2.24, 2.45) is 0 Å². The highest BCUT2D eigenvalue weighted by Gasteiger charge is 2.09. The van der Waals surface area contributed by atoms with Crippen molar-refractivity contribution in [2.75, 3.05) is 11.9 Å². The van der Waals surface area contributed by atoms with E-state index in [-0.39, 0.29) is 5.91 Å². The van der Waals surface area contributed by atoms with Crippen LogP contribution < -0.4 is 4.90 Å². The normalized spacial score (nSPS) is 10.1. The van der Waals surface area contributed by atoms with Gasteiger partial charge >= 0.3 is 0 Å². The van der Waals surface area contributed by atoms with Crippen LogP contribution in [0.2, 0.25) is 0 Å². The third-order valence-electron chi connectivity index (χ3n) is 2.54. The third kappa shape index (κ3) is 3.39. The summed E-state index contributed by atoms with van der Waals surface area (Å²) < 4.78 is 0. The van der Waals surface area contributed by atoms with Crippen LogP contribution in [0.25, 0.3) is 0 Å². The second-order valence-corrected chi connectivity index (χ2v) is 3.89. The quantitative estimate of drug-likeness (QED) is 0.739. The molecule has 2 heteroatoms. The lowest BCUT2D eigenvalue weighted by Gasteiger charge is -2.17. The van der Waals surface area contributed by atoms with E-state index in [1.54, 1.807) is 4.90 Å². The van der Waals surface area contributed by atoms with Crippen molar-refractivity contribution in [3.05, 3.63) is 29.8 Å². The standard InChI is InChI=1S/C13H19NO/c1-4-5-6-13(15)14(3)12-9-7-11(2)8-10-12/h7-10H,4-6H2,1-3H3. The van der Waals surface area contributed by atoms with Crippen molar-refractivity contribution in [1.29, 1.82) is 0 Å². The van der Waals surface area contributed by atoms with Crippen molar-refractivity contribution in [3.63, 3.8) is 0 Å². The molecule has 0 N–H and O–H groups in total. The molecule has 0 atom stereocenters. The Morgan fingerprint density at radius 1 is 1.27 bits per heavy atom. The van der Waals surface area contributed by atoms with Gasteiger partial charge in [0.05, 0.1) is 0 Å². The summed E-state index contributed by atoms with van der Waals surface area (Å²) in [6.45, 7) is 4.14.